The molecule has 2 N–H and O–H groups in total. The second-order valence-electron chi connectivity index (χ2n) is 4.05. The number of hydrogen-bond acceptors (Lipinski definition) is 3. The molecule has 1 aliphatic heterocycles. The molecule has 1 rings (SSSR count). The van der Waals surface area contributed by atoms with Crippen LogP contribution < -0.4 is 5.32 Å². The van der Waals surface area contributed by atoms with Gasteiger partial charge in [-0.25, -0.2) is 0 Å². The van der Waals surface area contributed by atoms with Crippen LogP contribution in [0.15, 0.2) is 0 Å². The quantitative estimate of drug-likeness (QED) is 0.614. The van der Waals surface area contributed by atoms with Gasteiger partial charge in [0.15, 0.2) is 0 Å². The molecule has 0 aromatic carbocycles. The third-order valence-corrected chi connectivity index (χ3v) is 2.71. The van der Waals surface area contributed by atoms with Crippen molar-refractivity contribution in [3.8, 4) is 0 Å². The summed E-state index contributed by atoms with van der Waals surface area (Å²) >= 11 is 0. The molecule has 0 aliphatic carbocycles. The van der Waals surface area contributed by atoms with Gasteiger partial charge in [-0.15, -0.1) is 0 Å². The molecule has 4 nitrogen and oxygen atoms in total. The monoisotopic (exact) mass is 215 g/mol. The minimum absolute atomic E-state index is 0.0994. The lowest BCUT2D eigenvalue weighted by Gasteiger charge is -2.08. The summed E-state index contributed by atoms with van der Waals surface area (Å²) < 4.78 is 5.25. The number of unbranched alkanes of at least 4 members (excludes halogenated alkanes) is 1. The molecular weight excluding hydrogens is 194 g/mol. The van der Waals surface area contributed by atoms with E-state index in [9.17, 15) is 4.79 Å². The molecule has 1 aliphatic rings. The lowest BCUT2D eigenvalue weighted by atomic mass is 10.1. The molecule has 1 atom stereocenters. The van der Waals surface area contributed by atoms with Crippen molar-refractivity contribution in [1.29, 1.82) is 0 Å². The summed E-state index contributed by atoms with van der Waals surface area (Å²) in [7, 11) is 0. The van der Waals surface area contributed by atoms with E-state index in [-0.39, 0.29) is 12.5 Å². The molecule has 15 heavy (non-hydrogen) atoms. The van der Waals surface area contributed by atoms with Crippen LogP contribution in [0.25, 0.3) is 0 Å². The van der Waals surface area contributed by atoms with Gasteiger partial charge in [0.25, 0.3) is 0 Å². The Balaban J connectivity index is 1.91. The molecule has 1 saturated heterocycles. The standard InChI is InChI=1S/C11H21NO3/c13-7-2-1-3-11(14)12-6-4-10-5-8-15-9-10/h10,13H,1-9H2,(H,12,14). The van der Waals surface area contributed by atoms with Crippen LogP contribution >= 0.6 is 0 Å². The van der Waals surface area contributed by atoms with Crippen molar-refractivity contribution >= 4 is 5.91 Å². The SMILES string of the molecule is O=C(CCCCO)NCCC1CCOC1. The predicted octanol–water partition coefficient (Wildman–Crippen LogP) is 0.692. The van der Waals surface area contributed by atoms with Gasteiger partial charge in [0.05, 0.1) is 0 Å². The van der Waals surface area contributed by atoms with E-state index in [4.69, 9.17) is 9.84 Å². The smallest absolute Gasteiger partial charge is 0.219 e. The normalized spacial score (nSPS) is 20.5. The number of aliphatic hydroxyl groups excluding tert-OH is 1. The zero-order valence-corrected chi connectivity index (χ0v) is 9.21. The fourth-order valence-corrected chi connectivity index (χ4v) is 1.71. The Morgan fingerprint density at radius 2 is 2.33 bits per heavy atom. The van der Waals surface area contributed by atoms with Gasteiger partial charge >= 0.3 is 0 Å². The van der Waals surface area contributed by atoms with E-state index < -0.39 is 0 Å². The van der Waals surface area contributed by atoms with E-state index in [1.54, 1.807) is 0 Å². The van der Waals surface area contributed by atoms with Crippen LogP contribution in [0, 0.1) is 5.92 Å². The highest BCUT2D eigenvalue weighted by molar-refractivity contribution is 5.75. The van der Waals surface area contributed by atoms with Crippen molar-refractivity contribution in [2.75, 3.05) is 26.4 Å². The summed E-state index contributed by atoms with van der Waals surface area (Å²) in [5.41, 5.74) is 0. The van der Waals surface area contributed by atoms with Gasteiger partial charge in [0, 0.05) is 32.8 Å². The number of carbonyl (C=O) groups is 1. The average Bonchev–Trinajstić information content (AvgIpc) is 2.71. The van der Waals surface area contributed by atoms with E-state index in [0.29, 0.717) is 18.8 Å². The summed E-state index contributed by atoms with van der Waals surface area (Å²) in [6.45, 7) is 2.65. The van der Waals surface area contributed by atoms with Crippen LogP contribution in [-0.4, -0.2) is 37.4 Å². The van der Waals surface area contributed by atoms with Crippen LogP contribution in [0.1, 0.15) is 32.1 Å². The summed E-state index contributed by atoms with van der Waals surface area (Å²) in [5, 5.41) is 11.4. The summed E-state index contributed by atoms with van der Waals surface area (Å²) in [5.74, 6) is 0.727. The fourth-order valence-electron chi connectivity index (χ4n) is 1.71. The van der Waals surface area contributed by atoms with Crippen molar-refractivity contribution in [3.63, 3.8) is 0 Å². The van der Waals surface area contributed by atoms with Crippen LogP contribution in [0.5, 0.6) is 0 Å². The molecule has 1 unspecified atom stereocenters. The predicted molar refractivity (Wildman–Crippen MR) is 57.5 cm³/mol. The summed E-state index contributed by atoms with van der Waals surface area (Å²) in [6.07, 6.45) is 4.16. The lowest BCUT2D eigenvalue weighted by Crippen LogP contribution is -2.25. The van der Waals surface area contributed by atoms with Crippen LogP contribution in [0.3, 0.4) is 0 Å². The molecule has 1 heterocycles. The number of aliphatic hydroxyl groups is 1. The van der Waals surface area contributed by atoms with Gasteiger partial charge in [-0.1, -0.05) is 0 Å². The van der Waals surface area contributed by atoms with Gasteiger partial charge in [-0.3, -0.25) is 4.79 Å². The Bertz CT molecular complexity index is 179. The van der Waals surface area contributed by atoms with Crippen molar-refractivity contribution < 1.29 is 14.6 Å². The Hall–Kier alpha value is -0.610. The molecule has 4 heteroatoms. The first-order valence-electron chi connectivity index (χ1n) is 5.78. The molecule has 0 aromatic heterocycles. The van der Waals surface area contributed by atoms with Gasteiger partial charge in [-0.2, -0.15) is 0 Å². The van der Waals surface area contributed by atoms with Gasteiger partial charge in [0.1, 0.15) is 0 Å². The van der Waals surface area contributed by atoms with Crippen molar-refractivity contribution in [2.45, 2.75) is 32.1 Å². The van der Waals surface area contributed by atoms with E-state index in [2.05, 4.69) is 5.32 Å². The van der Waals surface area contributed by atoms with Crippen molar-refractivity contribution in [3.05, 3.63) is 0 Å². The van der Waals surface area contributed by atoms with Gasteiger partial charge in [0.2, 0.25) is 5.91 Å². The van der Waals surface area contributed by atoms with E-state index in [0.717, 1.165) is 39.0 Å². The van der Waals surface area contributed by atoms with Crippen LogP contribution in [0.2, 0.25) is 0 Å². The molecule has 0 bridgehead atoms. The first kappa shape index (κ1) is 12.5. The Labute approximate surface area is 91.0 Å². The van der Waals surface area contributed by atoms with Crippen LogP contribution in [-0.2, 0) is 9.53 Å². The number of carbonyl (C=O) groups excluding carboxylic acids is 1. The highest BCUT2D eigenvalue weighted by Gasteiger charge is 2.15. The lowest BCUT2D eigenvalue weighted by molar-refractivity contribution is -0.121. The number of hydrogen-bond donors (Lipinski definition) is 2. The molecule has 1 amide bonds. The van der Waals surface area contributed by atoms with Gasteiger partial charge in [-0.05, 0) is 31.6 Å². The largest absolute Gasteiger partial charge is 0.396 e. The Morgan fingerprint density at radius 3 is 3.00 bits per heavy atom. The second kappa shape index (κ2) is 7.65. The molecule has 1 fully saturated rings. The molecular formula is C11H21NO3. The number of ether oxygens (including phenoxy) is 1. The zero-order chi connectivity index (χ0) is 10.9. The maximum Gasteiger partial charge on any atom is 0.219 e. The topological polar surface area (TPSA) is 58.6 Å². The fraction of sp³-hybridized carbons (Fsp3) is 0.909. The van der Waals surface area contributed by atoms with E-state index in [1.165, 1.54) is 0 Å². The minimum atomic E-state index is 0.0994. The molecule has 0 aromatic rings. The number of amides is 1. The van der Waals surface area contributed by atoms with Crippen molar-refractivity contribution in [1.82, 2.24) is 5.32 Å². The first-order valence-corrected chi connectivity index (χ1v) is 5.78. The average molecular weight is 215 g/mol. The number of nitrogens with one attached hydrogen (secondary N) is 1. The Morgan fingerprint density at radius 1 is 1.47 bits per heavy atom. The van der Waals surface area contributed by atoms with Crippen molar-refractivity contribution in [2.24, 2.45) is 5.92 Å². The molecule has 0 spiro atoms. The first-order chi connectivity index (χ1) is 7.33. The maximum atomic E-state index is 11.3. The van der Waals surface area contributed by atoms with Gasteiger partial charge < -0.3 is 15.2 Å². The Kier molecular flexibility index (Phi) is 6.36. The third kappa shape index (κ3) is 5.74. The van der Waals surface area contributed by atoms with Crippen LogP contribution in [0.4, 0.5) is 0 Å². The zero-order valence-electron chi connectivity index (χ0n) is 9.21. The second-order valence-corrected chi connectivity index (χ2v) is 4.05. The van der Waals surface area contributed by atoms with E-state index in [1.807, 2.05) is 0 Å². The minimum Gasteiger partial charge on any atom is -0.396 e. The molecule has 0 radical (unpaired) electrons. The highest BCUT2D eigenvalue weighted by atomic mass is 16.5. The number of rotatable bonds is 7. The molecule has 88 valence electrons. The van der Waals surface area contributed by atoms with E-state index >= 15 is 0 Å². The maximum absolute atomic E-state index is 11.3. The molecule has 0 saturated carbocycles. The third-order valence-electron chi connectivity index (χ3n) is 2.71. The summed E-state index contributed by atoms with van der Waals surface area (Å²) in [4.78, 5) is 11.3. The summed E-state index contributed by atoms with van der Waals surface area (Å²) in [6, 6.07) is 0. The highest BCUT2D eigenvalue weighted by Crippen LogP contribution is 2.15.